The second kappa shape index (κ2) is 7.67. The number of thiazole rings is 1. The van der Waals surface area contributed by atoms with Gasteiger partial charge in [-0.1, -0.05) is 11.3 Å². The molecule has 0 fully saturated rings. The summed E-state index contributed by atoms with van der Waals surface area (Å²) in [6.07, 6.45) is 0. The van der Waals surface area contributed by atoms with Crippen LogP contribution in [0.2, 0.25) is 0 Å². The van der Waals surface area contributed by atoms with Crippen LogP contribution in [0.1, 0.15) is 31.1 Å². The number of rotatable bonds is 5. The number of amides is 1. The van der Waals surface area contributed by atoms with Crippen LogP contribution in [0.5, 0.6) is 11.5 Å². The molecule has 1 aliphatic heterocycles. The molecule has 0 bridgehead atoms. The molecule has 2 aromatic carbocycles. The van der Waals surface area contributed by atoms with Crippen molar-refractivity contribution in [3.8, 4) is 11.5 Å². The molecule has 0 saturated heterocycles. The van der Waals surface area contributed by atoms with Gasteiger partial charge in [0.25, 0.3) is 5.91 Å². The summed E-state index contributed by atoms with van der Waals surface area (Å²) in [5.41, 5.74) is 2.70. The Labute approximate surface area is 167 Å². The molecule has 4 rings (SSSR count). The molecule has 0 spiro atoms. The Hall–Kier alpha value is -2.80. The van der Waals surface area contributed by atoms with E-state index in [0.29, 0.717) is 16.9 Å². The van der Waals surface area contributed by atoms with Crippen molar-refractivity contribution in [2.75, 3.05) is 24.8 Å². The van der Waals surface area contributed by atoms with Crippen molar-refractivity contribution in [3.63, 3.8) is 0 Å². The highest BCUT2D eigenvalue weighted by atomic mass is 32.1. The van der Waals surface area contributed by atoms with Crippen LogP contribution in [-0.4, -0.2) is 30.4 Å². The fourth-order valence-electron chi connectivity index (χ4n) is 3.41. The van der Waals surface area contributed by atoms with Crippen molar-refractivity contribution < 1.29 is 14.3 Å². The summed E-state index contributed by atoms with van der Waals surface area (Å²) >= 11 is 1.48. The number of carbonyl (C=O) groups is 1. The fraction of sp³-hybridized carbons (Fsp3) is 0.333. The molecule has 7 heteroatoms. The fourth-order valence-corrected chi connectivity index (χ4v) is 4.51. The molecule has 1 amide bonds. The predicted octanol–water partition coefficient (Wildman–Crippen LogP) is 4.04. The summed E-state index contributed by atoms with van der Waals surface area (Å²) in [5.74, 6) is 1.24. The van der Waals surface area contributed by atoms with Gasteiger partial charge in [-0.2, -0.15) is 4.99 Å². The van der Waals surface area contributed by atoms with Crippen LogP contribution in [0.4, 0.5) is 5.69 Å². The summed E-state index contributed by atoms with van der Waals surface area (Å²) < 4.78 is 14.0. The van der Waals surface area contributed by atoms with E-state index in [2.05, 4.69) is 23.7 Å². The molecule has 0 saturated carbocycles. The van der Waals surface area contributed by atoms with Gasteiger partial charge in [0.2, 0.25) is 6.79 Å². The first kappa shape index (κ1) is 18.6. The van der Waals surface area contributed by atoms with E-state index in [1.165, 1.54) is 11.3 Å². The summed E-state index contributed by atoms with van der Waals surface area (Å²) in [4.78, 5) is 20.1. The molecular weight excluding hydrogens is 374 g/mol. The van der Waals surface area contributed by atoms with E-state index in [9.17, 15) is 4.79 Å². The first-order valence-electron chi connectivity index (χ1n) is 9.51. The van der Waals surface area contributed by atoms with E-state index in [4.69, 9.17) is 9.47 Å². The van der Waals surface area contributed by atoms with Crippen LogP contribution in [-0.2, 0) is 6.54 Å². The highest BCUT2D eigenvalue weighted by Gasteiger charge is 2.17. The van der Waals surface area contributed by atoms with Gasteiger partial charge in [0.15, 0.2) is 16.3 Å². The molecule has 0 aliphatic carbocycles. The summed E-state index contributed by atoms with van der Waals surface area (Å²) in [5, 5.41) is 0. The van der Waals surface area contributed by atoms with Gasteiger partial charge in [-0.3, -0.25) is 4.79 Å². The second-order valence-corrected chi connectivity index (χ2v) is 7.45. The van der Waals surface area contributed by atoms with E-state index < -0.39 is 0 Å². The quantitative estimate of drug-likeness (QED) is 0.652. The summed E-state index contributed by atoms with van der Waals surface area (Å²) in [6.45, 7) is 9.11. The van der Waals surface area contributed by atoms with Crippen LogP contribution in [0.3, 0.4) is 0 Å². The van der Waals surface area contributed by atoms with Crippen molar-refractivity contribution in [1.29, 1.82) is 0 Å². The minimum absolute atomic E-state index is 0.236. The number of aromatic nitrogens is 1. The van der Waals surface area contributed by atoms with Gasteiger partial charge in [0.05, 0.1) is 10.2 Å². The maximum Gasteiger partial charge on any atom is 0.279 e. The number of carbonyl (C=O) groups excluding carboxylic acids is 1. The SMILES string of the molecule is CCN(CC)c1ccc(C(=O)N=c2sc3cc4c(cc3n2CC)OCO4)cc1. The molecule has 6 nitrogen and oxygen atoms in total. The highest BCUT2D eigenvalue weighted by Crippen LogP contribution is 2.36. The number of benzene rings is 2. The van der Waals surface area contributed by atoms with Gasteiger partial charge in [-0.15, -0.1) is 0 Å². The van der Waals surface area contributed by atoms with Crippen molar-refractivity contribution in [2.45, 2.75) is 27.3 Å². The lowest BCUT2D eigenvalue weighted by Crippen LogP contribution is -2.21. The van der Waals surface area contributed by atoms with Crippen LogP contribution in [0.25, 0.3) is 10.2 Å². The van der Waals surface area contributed by atoms with Crippen molar-refractivity contribution in [2.24, 2.45) is 4.99 Å². The van der Waals surface area contributed by atoms with Crippen LogP contribution in [0.15, 0.2) is 41.4 Å². The van der Waals surface area contributed by atoms with Gasteiger partial charge in [0.1, 0.15) is 0 Å². The van der Waals surface area contributed by atoms with Gasteiger partial charge >= 0.3 is 0 Å². The predicted molar refractivity (Wildman–Crippen MR) is 112 cm³/mol. The monoisotopic (exact) mass is 397 g/mol. The number of hydrogen-bond acceptors (Lipinski definition) is 5. The minimum Gasteiger partial charge on any atom is -0.454 e. The second-order valence-electron chi connectivity index (χ2n) is 6.44. The molecule has 2 heterocycles. The summed E-state index contributed by atoms with van der Waals surface area (Å²) in [6, 6.07) is 11.6. The van der Waals surface area contributed by atoms with E-state index in [-0.39, 0.29) is 12.7 Å². The molecule has 0 N–H and O–H groups in total. The minimum atomic E-state index is -0.236. The molecular formula is C21H23N3O3S. The Kier molecular flexibility index (Phi) is 5.09. The Morgan fingerprint density at radius 2 is 1.79 bits per heavy atom. The van der Waals surface area contributed by atoms with E-state index >= 15 is 0 Å². The molecule has 1 aliphatic rings. The van der Waals surface area contributed by atoms with Crippen molar-refractivity contribution in [1.82, 2.24) is 4.57 Å². The van der Waals surface area contributed by atoms with Crippen molar-refractivity contribution in [3.05, 3.63) is 46.8 Å². The van der Waals surface area contributed by atoms with Gasteiger partial charge in [0, 0.05) is 43.0 Å². The first-order chi connectivity index (χ1) is 13.6. The third-order valence-electron chi connectivity index (χ3n) is 4.93. The van der Waals surface area contributed by atoms with Crippen molar-refractivity contribution >= 4 is 33.1 Å². The van der Waals surface area contributed by atoms with Crippen LogP contribution >= 0.6 is 11.3 Å². The smallest absolute Gasteiger partial charge is 0.279 e. The Bertz CT molecular complexity index is 1080. The normalized spacial score (nSPS) is 13.3. The van der Waals surface area contributed by atoms with E-state index in [0.717, 1.165) is 40.5 Å². The average Bonchev–Trinajstić information content (AvgIpc) is 3.30. The summed E-state index contributed by atoms with van der Waals surface area (Å²) in [7, 11) is 0. The van der Waals surface area contributed by atoms with Crippen LogP contribution < -0.4 is 19.2 Å². The molecule has 28 heavy (non-hydrogen) atoms. The standard InChI is InChI=1S/C21H23N3O3S/c1-4-23(5-2)15-9-7-14(8-10-15)20(25)22-21-24(6-3)16-11-17-18(27-13-26-17)12-19(16)28-21/h7-12H,4-6,13H2,1-3H3. The molecule has 146 valence electrons. The first-order valence-corrected chi connectivity index (χ1v) is 10.3. The van der Waals surface area contributed by atoms with Gasteiger partial charge in [-0.05, 0) is 45.0 Å². The highest BCUT2D eigenvalue weighted by molar-refractivity contribution is 7.16. The lowest BCUT2D eigenvalue weighted by Gasteiger charge is -2.20. The Balaban J connectivity index is 1.70. The topological polar surface area (TPSA) is 56.1 Å². The van der Waals surface area contributed by atoms with Crippen LogP contribution in [0, 0.1) is 0 Å². The molecule has 3 aromatic rings. The van der Waals surface area contributed by atoms with E-state index in [1.807, 2.05) is 47.9 Å². The largest absolute Gasteiger partial charge is 0.454 e. The zero-order valence-corrected chi connectivity index (χ0v) is 17.1. The number of ether oxygens (including phenoxy) is 2. The Morgan fingerprint density at radius 1 is 1.11 bits per heavy atom. The number of fused-ring (bicyclic) bond motifs is 2. The molecule has 0 unspecified atom stereocenters. The average molecular weight is 398 g/mol. The number of anilines is 1. The lowest BCUT2D eigenvalue weighted by atomic mass is 10.2. The zero-order valence-electron chi connectivity index (χ0n) is 16.3. The molecule has 0 atom stereocenters. The van der Waals surface area contributed by atoms with Gasteiger partial charge in [-0.25, -0.2) is 0 Å². The lowest BCUT2D eigenvalue weighted by molar-refractivity contribution is 0.0998. The number of aryl methyl sites for hydroxylation is 1. The van der Waals surface area contributed by atoms with E-state index in [1.54, 1.807) is 0 Å². The Morgan fingerprint density at radius 3 is 2.43 bits per heavy atom. The maximum absolute atomic E-state index is 12.7. The third-order valence-corrected chi connectivity index (χ3v) is 5.97. The maximum atomic E-state index is 12.7. The zero-order chi connectivity index (χ0) is 19.7. The third kappa shape index (κ3) is 3.26. The van der Waals surface area contributed by atoms with Gasteiger partial charge < -0.3 is 18.9 Å². The number of hydrogen-bond donors (Lipinski definition) is 0. The molecule has 1 aromatic heterocycles. The molecule has 0 radical (unpaired) electrons. The number of nitrogens with zero attached hydrogens (tertiary/aromatic N) is 3.